The second-order valence-corrected chi connectivity index (χ2v) is 6.36. The fourth-order valence-electron chi connectivity index (χ4n) is 1.39. The van der Waals surface area contributed by atoms with Crippen LogP contribution < -0.4 is 5.32 Å². The molecule has 0 heterocycles. The van der Waals surface area contributed by atoms with Crippen molar-refractivity contribution < 1.29 is 14.7 Å². The predicted molar refractivity (Wildman–Crippen MR) is 88.0 cm³/mol. The van der Waals surface area contributed by atoms with Gasteiger partial charge in [-0.25, -0.2) is 4.79 Å². The van der Waals surface area contributed by atoms with Crippen molar-refractivity contribution in [3.63, 3.8) is 0 Å². The van der Waals surface area contributed by atoms with Crippen LogP contribution in [0.1, 0.15) is 0 Å². The molecular weight excluding hydrogens is 460 g/mol. The summed E-state index contributed by atoms with van der Waals surface area (Å²) < 4.78 is 2.17. The molecule has 0 spiro atoms. The summed E-state index contributed by atoms with van der Waals surface area (Å²) in [4.78, 5) is 24.0. The first-order valence-corrected chi connectivity index (χ1v) is 7.76. The van der Waals surface area contributed by atoms with Crippen molar-refractivity contribution in [2.75, 3.05) is 18.4 Å². The first-order valence-electron chi connectivity index (χ1n) is 5.38. The van der Waals surface area contributed by atoms with Crippen molar-refractivity contribution in [3.8, 4) is 0 Å². The van der Waals surface area contributed by atoms with E-state index in [0.717, 1.165) is 9.37 Å². The SMILES string of the molecule is C=CCN(CC(=O)O)C(=O)Nc1c(Br)cc(Br)cc1Br. The average Bonchev–Trinajstić information content (AvgIpc) is 2.32. The standard InChI is InChI=1S/C12H11Br3N2O3/c1-2-3-17(6-10(18)19)12(20)16-11-8(14)4-7(13)5-9(11)15/h2,4-5H,1,3,6H2,(H,16,20)(H,18,19). The van der Waals surface area contributed by atoms with E-state index in [-0.39, 0.29) is 6.54 Å². The van der Waals surface area contributed by atoms with Crippen molar-refractivity contribution in [3.05, 3.63) is 38.2 Å². The minimum absolute atomic E-state index is 0.143. The van der Waals surface area contributed by atoms with E-state index in [1.165, 1.54) is 6.08 Å². The summed E-state index contributed by atoms with van der Waals surface area (Å²) in [5.41, 5.74) is 0.526. The smallest absolute Gasteiger partial charge is 0.323 e. The van der Waals surface area contributed by atoms with Gasteiger partial charge in [-0.15, -0.1) is 6.58 Å². The number of halogens is 3. The normalized spacial score (nSPS) is 9.95. The third-order valence-electron chi connectivity index (χ3n) is 2.20. The van der Waals surface area contributed by atoms with Crippen LogP contribution in [0.25, 0.3) is 0 Å². The van der Waals surface area contributed by atoms with E-state index in [1.807, 2.05) is 0 Å². The number of carbonyl (C=O) groups is 2. The molecule has 2 N–H and O–H groups in total. The van der Waals surface area contributed by atoms with Crippen LogP contribution in [0.15, 0.2) is 38.2 Å². The summed E-state index contributed by atoms with van der Waals surface area (Å²) in [6.45, 7) is 3.25. The average molecular weight is 471 g/mol. The molecule has 5 nitrogen and oxygen atoms in total. The van der Waals surface area contributed by atoms with Gasteiger partial charge in [-0.05, 0) is 44.0 Å². The van der Waals surface area contributed by atoms with Crippen molar-refractivity contribution in [2.24, 2.45) is 0 Å². The summed E-state index contributed by atoms with van der Waals surface area (Å²) in [7, 11) is 0. The van der Waals surface area contributed by atoms with Gasteiger partial charge in [0.1, 0.15) is 6.54 Å². The van der Waals surface area contributed by atoms with Gasteiger partial charge in [-0.2, -0.15) is 0 Å². The Labute approximate surface area is 141 Å². The third-order valence-corrected chi connectivity index (χ3v) is 3.91. The number of hydrogen-bond acceptors (Lipinski definition) is 2. The molecule has 1 aromatic rings. The molecule has 0 radical (unpaired) electrons. The molecule has 108 valence electrons. The van der Waals surface area contributed by atoms with Crippen LogP contribution in [0.3, 0.4) is 0 Å². The number of carboxylic acids is 1. The van der Waals surface area contributed by atoms with Crippen LogP contribution in [0.2, 0.25) is 0 Å². The number of nitrogens with one attached hydrogen (secondary N) is 1. The van der Waals surface area contributed by atoms with E-state index in [9.17, 15) is 9.59 Å². The summed E-state index contributed by atoms with van der Waals surface area (Å²) in [5, 5.41) is 11.4. The largest absolute Gasteiger partial charge is 0.480 e. The molecular formula is C12H11Br3N2O3. The quantitative estimate of drug-likeness (QED) is 0.637. The molecule has 0 saturated heterocycles. The Bertz CT molecular complexity index is 526. The Morgan fingerprint density at radius 2 is 1.85 bits per heavy atom. The van der Waals surface area contributed by atoms with Crippen molar-refractivity contribution >= 4 is 65.5 Å². The Hall–Kier alpha value is -0.860. The van der Waals surface area contributed by atoms with E-state index in [1.54, 1.807) is 12.1 Å². The number of rotatable bonds is 5. The minimum Gasteiger partial charge on any atom is -0.480 e. The zero-order chi connectivity index (χ0) is 15.3. The zero-order valence-electron chi connectivity index (χ0n) is 10.2. The molecule has 0 saturated carbocycles. The van der Waals surface area contributed by atoms with Crippen LogP contribution in [0.4, 0.5) is 10.5 Å². The van der Waals surface area contributed by atoms with Gasteiger partial charge in [0.2, 0.25) is 0 Å². The van der Waals surface area contributed by atoms with Crippen molar-refractivity contribution in [2.45, 2.75) is 0 Å². The van der Waals surface area contributed by atoms with Gasteiger partial charge in [0.15, 0.2) is 0 Å². The monoisotopic (exact) mass is 468 g/mol. The van der Waals surface area contributed by atoms with Crippen LogP contribution in [0.5, 0.6) is 0 Å². The second kappa shape index (κ2) is 7.80. The lowest BCUT2D eigenvalue weighted by Gasteiger charge is -2.20. The molecule has 1 aromatic carbocycles. The van der Waals surface area contributed by atoms with E-state index in [4.69, 9.17) is 5.11 Å². The van der Waals surface area contributed by atoms with Gasteiger partial charge >= 0.3 is 12.0 Å². The first kappa shape index (κ1) is 17.2. The molecule has 0 bridgehead atoms. The number of aliphatic carboxylic acids is 1. The number of amides is 2. The number of benzene rings is 1. The summed E-state index contributed by atoms with van der Waals surface area (Å²) in [5.74, 6) is -1.09. The molecule has 0 fully saturated rings. The highest BCUT2D eigenvalue weighted by Crippen LogP contribution is 2.34. The van der Waals surface area contributed by atoms with Crippen LogP contribution in [-0.2, 0) is 4.79 Å². The number of hydrogen-bond donors (Lipinski definition) is 2. The van der Waals surface area contributed by atoms with Gasteiger partial charge in [-0.3, -0.25) is 4.79 Å². The lowest BCUT2D eigenvalue weighted by atomic mass is 10.3. The molecule has 0 aliphatic rings. The topological polar surface area (TPSA) is 69.6 Å². The maximum atomic E-state index is 12.1. The van der Waals surface area contributed by atoms with Crippen molar-refractivity contribution in [1.29, 1.82) is 0 Å². The highest BCUT2D eigenvalue weighted by atomic mass is 79.9. The summed E-state index contributed by atoms with van der Waals surface area (Å²) in [6, 6.07) is 3.03. The maximum Gasteiger partial charge on any atom is 0.323 e. The lowest BCUT2D eigenvalue weighted by molar-refractivity contribution is -0.137. The minimum atomic E-state index is -1.09. The number of urea groups is 1. The summed E-state index contributed by atoms with van der Waals surface area (Å²) >= 11 is 10.00. The van der Waals surface area contributed by atoms with Crippen molar-refractivity contribution in [1.82, 2.24) is 4.90 Å². The fraction of sp³-hybridized carbons (Fsp3) is 0.167. The molecule has 0 aromatic heterocycles. The highest BCUT2D eigenvalue weighted by molar-refractivity contribution is 9.11. The van der Waals surface area contributed by atoms with Gasteiger partial charge in [0, 0.05) is 20.0 Å². The Balaban J connectivity index is 2.93. The Kier molecular flexibility index (Phi) is 6.70. The third kappa shape index (κ3) is 4.92. The van der Waals surface area contributed by atoms with E-state index < -0.39 is 18.5 Å². The number of carbonyl (C=O) groups excluding carboxylic acids is 1. The fourth-order valence-corrected chi connectivity index (χ4v) is 3.84. The zero-order valence-corrected chi connectivity index (χ0v) is 15.0. The molecule has 0 atom stereocenters. The van der Waals surface area contributed by atoms with Crippen LogP contribution in [0, 0.1) is 0 Å². The predicted octanol–water partition coefficient (Wildman–Crippen LogP) is 4.08. The molecule has 20 heavy (non-hydrogen) atoms. The highest BCUT2D eigenvalue weighted by Gasteiger charge is 2.18. The second-order valence-electron chi connectivity index (χ2n) is 3.74. The molecule has 1 rings (SSSR count). The van der Waals surface area contributed by atoms with Gasteiger partial charge < -0.3 is 15.3 Å². The molecule has 8 heteroatoms. The van der Waals surface area contributed by atoms with Crippen LogP contribution >= 0.6 is 47.8 Å². The van der Waals surface area contributed by atoms with E-state index in [2.05, 4.69) is 59.7 Å². The molecule has 2 amide bonds. The van der Waals surface area contributed by atoms with Gasteiger partial charge in [-0.1, -0.05) is 22.0 Å². The Morgan fingerprint density at radius 3 is 2.30 bits per heavy atom. The molecule has 0 aliphatic carbocycles. The number of carboxylic acid groups (broad SMARTS) is 1. The van der Waals surface area contributed by atoms with E-state index in [0.29, 0.717) is 14.6 Å². The Morgan fingerprint density at radius 1 is 1.30 bits per heavy atom. The van der Waals surface area contributed by atoms with E-state index >= 15 is 0 Å². The van der Waals surface area contributed by atoms with Crippen LogP contribution in [-0.4, -0.2) is 35.1 Å². The number of nitrogens with zero attached hydrogens (tertiary/aromatic N) is 1. The van der Waals surface area contributed by atoms with Gasteiger partial charge in [0.05, 0.1) is 5.69 Å². The molecule has 0 aliphatic heterocycles. The number of anilines is 1. The van der Waals surface area contributed by atoms with Gasteiger partial charge in [0.25, 0.3) is 0 Å². The first-order chi connectivity index (χ1) is 9.35. The summed E-state index contributed by atoms with van der Waals surface area (Å²) in [6.07, 6.45) is 1.47. The molecule has 0 unspecified atom stereocenters. The lowest BCUT2D eigenvalue weighted by Crippen LogP contribution is -2.38. The maximum absolute atomic E-state index is 12.1.